The summed E-state index contributed by atoms with van der Waals surface area (Å²) in [5.41, 5.74) is 3.70. The van der Waals surface area contributed by atoms with Crippen molar-refractivity contribution in [3.63, 3.8) is 0 Å². The van der Waals surface area contributed by atoms with Crippen LogP contribution in [0.15, 0.2) is 53.4 Å². The highest BCUT2D eigenvalue weighted by Gasteiger charge is 2.12. The molecule has 0 atom stereocenters. The molecule has 1 nitrogen and oxygen atoms in total. The van der Waals surface area contributed by atoms with Gasteiger partial charge in [-0.15, -0.1) is 11.8 Å². The lowest BCUT2D eigenvalue weighted by molar-refractivity contribution is 0.0988. The molecule has 0 N–H and O–H groups in total. The normalized spacial score (nSPS) is 11.5. The van der Waals surface area contributed by atoms with E-state index in [9.17, 15) is 4.79 Å². The molecule has 0 fully saturated rings. The van der Waals surface area contributed by atoms with Gasteiger partial charge in [0, 0.05) is 22.6 Å². The van der Waals surface area contributed by atoms with Crippen LogP contribution in [0.5, 0.6) is 0 Å². The zero-order valence-electron chi connectivity index (χ0n) is 13.8. The fourth-order valence-corrected chi connectivity index (χ4v) is 3.06. The summed E-state index contributed by atoms with van der Waals surface area (Å²) in [4.78, 5) is 12.8. The van der Waals surface area contributed by atoms with Gasteiger partial charge in [-0.05, 0) is 28.7 Å². The molecule has 0 bridgehead atoms. The van der Waals surface area contributed by atoms with Crippen LogP contribution < -0.4 is 0 Å². The van der Waals surface area contributed by atoms with Gasteiger partial charge in [-0.3, -0.25) is 4.79 Å². The van der Waals surface area contributed by atoms with E-state index >= 15 is 0 Å². The van der Waals surface area contributed by atoms with Crippen molar-refractivity contribution in [1.82, 2.24) is 0 Å². The van der Waals surface area contributed by atoms with Gasteiger partial charge < -0.3 is 0 Å². The van der Waals surface area contributed by atoms with Gasteiger partial charge in [0.15, 0.2) is 5.78 Å². The highest BCUT2D eigenvalue weighted by Crippen LogP contribution is 2.26. The topological polar surface area (TPSA) is 17.1 Å². The van der Waals surface area contributed by atoms with Gasteiger partial charge in [-0.1, -0.05) is 64.1 Å². The lowest BCUT2D eigenvalue weighted by Crippen LogP contribution is -2.10. The first kappa shape index (κ1) is 16.8. The summed E-state index contributed by atoms with van der Waals surface area (Å²) >= 11 is 1.80. The van der Waals surface area contributed by atoms with E-state index in [0.29, 0.717) is 6.42 Å². The van der Waals surface area contributed by atoms with Crippen LogP contribution in [-0.2, 0) is 11.2 Å². The van der Waals surface area contributed by atoms with E-state index in [1.807, 2.05) is 31.2 Å². The Hall–Kier alpha value is -1.54. The molecule has 116 valence electrons. The summed E-state index contributed by atoms with van der Waals surface area (Å²) in [5, 5.41) is 0. The predicted octanol–water partition coefficient (Wildman–Crippen LogP) is 5.87. The number of carbonyl (C=O) groups is 1. The molecule has 2 aromatic carbocycles. The summed E-state index contributed by atoms with van der Waals surface area (Å²) in [6.07, 6.45) is 0.562. The summed E-state index contributed by atoms with van der Waals surface area (Å²) < 4.78 is 0. The van der Waals surface area contributed by atoms with Gasteiger partial charge in [-0.25, -0.2) is 0 Å². The summed E-state index contributed by atoms with van der Waals surface area (Å²) in [7, 11) is 0. The highest BCUT2D eigenvalue weighted by atomic mass is 32.2. The number of hydrogen-bond donors (Lipinski definition) is 0. The van der Waals surface area contributed by atoms with Gasteiger partial charge in [-0.2, -0.15) is 0 Å². The number of carbonyl (C=O) groups excluding carboxylic acids is 1. The number of hydrogen-bond acceptors (Lipinski definition) is 2. The second-order valence-electron chi connectivity index (χ2n) is 6.54. The molecular weight excluding hydrogens is 288 g/mol. The molecule has 22 heavy (non-hydrogen) atoms. The first-order valence-corrected chi connectivity index (χ1v) is 8.74. The SMILES string of the molecule is CCC(=O)c1ccc(SCc2ccc(C(C)(C)C)cc2)cc1. The van der Waals surface area contributed by atoms with E-state index in [-0.39, 0.29) is 11.2 Å². The van der Waals surface area contributed by atoms with Crippen molar-refractivity contribution in [3.8, 4) is 0 Å². The Morgan fingerprint density at radius 3 is 2.05 bits per heavy atom. The Labute approximate surface area is 138 Å². The third-order valence-electron chi connectivity index (χ3n) is 3.72. The summed E-state index contributed by atoms with van der Waals surface area (Å²) in [6.45, 7) is 8.59. The van der Waals surface area contributed by atoms with E-state index in [1.165, 1.54) is 16.0 Å². The number of thioether (sulfide) groups is 1. The quantitative estimate of drug-likeness (QED) is 0.507. The molecule has 0 aromatic heterocycles. The Morgan fingerprint density at radius 2 is 1.55 bits per heavy atom. The second-order valence-corrected chi connectivity index (χ2v) is 7.59. The van der Waals surface area contributed by atoms with Gasteiger partial charge in [0.2, 0.25) is 0 Å². The van der Waals surface area contributed by atoms with Crippen molar-refractivity contribution in [2.75, 3.05) is 0 Å². The van der Waals surface area contributed by atoms with Gasteiger partial charge in [0.25, 0.3) is 0 Å². The minimum atomic E-state index is 0.202. The third-order valence-corrected chi connectivity index (χ3v) is 4.81. The molecule has 0 saturated heterocycles. The Kier molecular flexibility index (Phi) is 5.47. The van der Waals surface area contributed by atoms with Crippen molar-refractivity contribution < 1.29 is 4.79 Å². The molecule has 0 aliphatic rings. The molecule has 0 aliphatic heterocycles. The maximum atomic E-state index is 11.6. The van der Waals surface area contributed by atoms with Crippen LogP contribution in [0.3, 0.4) is 0 Å². The molecule has 0 amide bonds. The van der Waals surface area contributed by atoms with E-state index in [1.54, 1.807) is 11.8 Å². The van der Waals surface area contributed by atoms with Crippen LogP contribution in [0, 0.1) is 0 Å². The Balaban J connectivity index is 1.97. The third kappa shape index (κ3) is 4.48. The summed E-state index contributed by atoms with van der Waals surface area (Å²) in [5.74, 6) is 1.15. The van der Waals surface area contributed by atoms with Crippen molar-refractivity contribution in [1.29, 1.82) is 0 Å². The molecule has 0 radical (unpaired) electrons. The van der Waals surface area contributed by atoms with Gasteiger partial charge in [0.05, 0.1) is 0 Å². The van der Waals surface area contributed by atoms with Crippen molar-refractivity contribution in [2.24, 2.45) is 0 Å². The highest BCUT2D eigenvalue weighted by molar-refractivity contribution is 7.98. The molecule has 2 aromatic rings. The maximum absolute atomic E-state index is 11.6. The summed E-state index contributed by atoms with van der Waals surface area (Å²) in [6, 6.07) is 16.8. The van der Waals surface area contributed by atoms with E-state index in [0.717, 1.165) is 11.3 Å². The van der Waals surface area contributed by atoms with E-state index < -0.39 is 0 Å². The lowest BCUT2D eigenvalue weighted by Gasteiger charge is -2.19. The van der Waals surface area contributed by atoms with Crippen LogP contribution in [-0.4, -0.2) is 5.78 Å². The molecule has 0 spiro atoms. The van der Waals surface area contributed by atoms with Gasteiger partial charge >= 0.3 is 0 Å². The Bertz CT molecular complexity index is 618. The molecule has 0 heterocycles. The average Bonchev–Trinajstić information content (AvgIpc) is 2.52. The Morgan fingerprint density at radius 1 is 0.955 bits per heavy atom. The molecule has 0 saturated carbocycles. The van der Waals surface area contributed by atoms with E-state index in [4.69, 9.17) is 0 Å². The largest absolute Gasteiger partial charge is 0.294 e. The van der Waals surface area contributed by atoms with Crippen LogP contribution in [0.1, 0.15) is 55.6 Å². The zero-order chi connectivity index (χ0) is 16.2. The molecule has 0 aliphatic carbocycles. The standard InChI is InChI=1S/C20H24OS/c1-5-19(21)16-8-12-18(13-9-16)22-14-15-6-10-17(11-7-15)20(2,3)4/h6-13H,5,14H2,1-4H3. The van der Waals surface area contributed by atoms with E-state index in [2.05, 4.69) is 45.0 Å². The van der Waals surface area contributed by atoms with Gasteiger partial charge in [0.1, 0.15) is 0 Å². The first-order valence-electron chi connectivity index (χ1n) is 7.75. The van der Waals surface area contributed by atoms with Crippen LogP contribution in [0.2, 0.25) is 0 Å². The second kappa shape index (κ2) is 7.15. The van der Waals surface area contributed by atoms with Crippen LogP contribution >= 0.6 is 11.8 Å². The maximum Gasteiger partial charge on any atom is 0.162 e. The van der Waals surface area contributed by atoms with Crippen molar-refractivity contribution in [3.05, 3.63) is 65.2 Å². The average molecular weight is 312 g/mol. The number of benzene rings is 2. The monoisotopic (exact) mass is 312 g/mol. The lowest BCUT2D eigenvalue weighted by atomic mass is 9.87. The number of Topliss-reactive ketones (excluding diaryl/α,β-unsaturated/α-hetero) is 1. The minimum Gasteiger partial charge on any atom is -0.294 e. The fraction of sp³-hybridized carbons (Fsp3) is 0.350. The van der Waals surface area contributed by atoms with Crippen LogP contribution in [0.4, 0.5) is 0 Å². The number of ketones is 1. The molecule has 2 heteroatoms. The molecular formula is C20H24OS. The zero-order valence-corrected chi connectivity index (χ0v) is 14.7. The van der Waals surface area contributed by atoms with Crippen molar-refractivity contribution in [2.45, 2.75) is 50.2 Å². The molecule has 2 rings (SSSR count). The predicted molar refractivity (Wildman–Crippen MR) is 95.8 cm³/mol. The molecule has 0 unspecified atom stereocenters. The fourth-order valence-electron chi connectivity index (χ4n) is 2.21. The first-order chi connectivity index (χ1) is 10.4. The number of rotatable bonds is 5. The van der Waals surface area contributed by atoms with Crippen molar-refractivity contribution >= 4 is 17.5 Å². The van der Waals surface area contributed by atoms with Crippen LogP contribution in [0.25, 0.3) is 0 Å². The minimum absolute atomic E-state index is 0.202. The smallest absolute Gasteiger partial charge is 0.162 e.